The molecule has 1 saturated heterocycles. The summed E-state index contributed by atoms with van der Waals surface area (Å²) in [6, 6.07) is 6.98. The summed E-state index contributed by atoms with van der Waals surface area (Å²) in [7, 11) is 0. The van der Waals surface area contributed by atoms with Gasteiger partial charge < -0.3 is 15.0 Å². The average Bonchev–Trinajstić information content (AvgIpc) is 3.01. The Morgan fingerprint density at radius 1 is 1.24 bits per heavy atom. The second-order valence-electron chi connectivity index (χ2n) is 7.06. The van der Waals surface area contributed by atoms with Crippen molar-refractivity contribution in [3.8, 4) is 0 Å². The number of halogens is 1. The summed E-state index contributed by atoms with van der Waals surface area (Å²) in [6.45, 7) is 6.15. The quantitative estimate of drug-likeness (QED) is 0.773. The molecule has 1 aromatic carbocycles. The summed E-state index contributed by atoms with van der Waals surface area (Å²) >= 11 is 3.31. The molecule has 0 saturated carbocycles. The number of carbonyl (C=O) groups excluding carboxylic acids is 3. The van der Waals surface area contributed by atoms with Gasteiger partial charge in [-0.05, 0) is 39.3 Å². The molecule has 1 heterocycles. The minimum absolute atomic E-state index is 0.0522. The van der Waals surface area contributed by atoms with Crippen molar-refractivity contribution in [1.29, 1.82) is 0 Å². The van der Waals surface area contributed by atoms with Crippen LogP contribution < -0.4 is 5.32 Å². The van der Waals surface area contributed by atoms with Crippen molar-refractivity contribution >= 4 is 33.7 Å². The lowest BCUT2D eigenvalue weighted by Crippen LogP contribution is -2.38. The Hall–Kier alpha value is -1.89. The molecule has 0 radical (unpaired) electrons. The third-order valence-corrected chi connectivity index (χ3v) is 4.33. The summed E-state index contributed by atoms with van der Waals surface area (Å²) < 4.78 is 6.20. The van der Waals surface area contributed by atoms with Crippen LogP contribution in [0.3, 0.4) is 0 Å². The van der Waals surface area contributed by atoms with Crippen molar-refractivity contribution in [1.82, 2.24) is 10.2 Å². The SMILES string of the molecule is CC(C)(C)OC(=O)N1CC[C@H](C(=O)NCC(=O)c2ccc(Br)cc2)C1. The fraction of sp³-hybridized carbons (Fsp3) is 0.500. The van der Waals surface area contributed by atoms with Gasteiger partial charge in [-0.2, -0.15) is 0 Å². The van der Waals surface area contributed by atoms with Crippen LogP contribution >= 0.6 is 15.9 Å². The molecule has 0 spiro atoms. The molecule has 2 amide bonds. The number of Topliss-reactive ketones (excluding diaryl/α,β-unsaturated/α-hetero) is 1. The fourth-order valence-electron chi connectivity index (χ4n) is 2.52. The first-order valence-corrected chi connectivity index (χ1v) is 8.99. The number of hydrogen-bond donors (Lipinski definition) is 1. The van der Waals surface area contributed by atoms with E-state index in [-0.39, 0.29) is 24.2 Å². The van der Waals surface area contributed by atoms with E-state index in [1.54, 1.807) is 45.0 Å². The Labute approximate surface area is 156 Å². The third-order valence-electron chi connectivity index (χ3n) is 3.80. The van der Waals surface area contributed by atoms with Crippen molar-refractivity contribution < 1.29 is 19.1 Å². The molecule has 0 unspecified atom stereocenters. The minimum Gasteiger partial charge on any atom is -0.444 e. The highest BCUT2D eigenvalue weighted by molar-refractivity contribution is 9.10. The molecule has 1 atom stereocenters. The number of amides is 2. The summed E-state index contributed by atoms with van der Waals surface area (Å²) in [5.74, 6) is -0.676. The number of likely N-dealkylation sites (tertiary alicyclic amines) is 1. The van der Waals surface area contributed by atoms with E-state index in [1.165, 1.54) is 4.90 Å². The minimum atomic E-state index is -0.561. The van der Waals surface area contributed by atoms with Gasteiger partial charge in [0.05, 0.1) is 12.5 Å². The summed E-state index contributed by atoms with van der Waals surface area (Å²) in [5, 5.41) is 2.67. The molecule has 1 aliphatic rings. The van der Waals surface area contributed by atoms with E-state index in [2.05, 4.69) is 21.2 Å². The van der Waals surface area contributed by atoms with Crippen molar-refractivity contribution in [2.24, 2.45) is 5.92 Å². The highest BCUT2D eigenvalue weighted by Crippen LogP contribution is 2.19. The molecule has 0 aromatic heterocycles. The van der Waals surface area contributed by atoms with Crippen molar-refractivity contribution in [3.63, 3.8) is 0 Å². The van der Waals surface area contributed by atoms with Gasteiger partial charge in [0.25, 0.3) is 0 Å². The molecule has 7 heteroatoms. The van der Waals surface area contributed by atoms with E-state index in [1.807, 2.05) is 0 Å². The van der Waals surface area contributed by atoms with Crippen LogP contribution in [0, 0.1) is 5.92 Å². The number of ketones is 1. The van der Waals surface area contributed by atoms with Crippen LogP contribution in [-0.4, -0.2) is 47.9 Å². The molecule has 1 aliphatic heterocycles. The molecule has 6 nitrogen and oxygen atoms in total. The van der Waals surface area contributed by atoms with Gasteiger partial charge in [-0.1, -0.05) is 28.1 Å². The van der Waals surface area contributed by atoms with Crippen LogP contribution in [-0.2, 0) is 9.53 Å². The maximum absolute atomic E-state index is 12.2. The van der Waals surface area contributed by atoms with Crippen LogP contribution in [0.15, 0.2) is 28.7 Å². The van der Waals surface area contributed by atoms with Crippen molar-refractivity contribution in [3.05, 3.63) is 34.3 Å². The van der Waals surface area contributed by atoms with E-state index in [4.69, 9.17) is 4.74 Å². The number of ether oxygens (including phenoxy) is 1. The molecule has 2 rings (SSSR count). The summed E-state index contributed by atoms with van der Waals surface area (Å²) in [4.78, 5) is 37.9. The Balaban J connectivity index is 1.81. The van der Waals surface area contributed by atoms with Gasteiger partial charge in [-0.25, -0.2) is 4.79 Å². The normalized spacial score (nSPS) is 17.3. The van der Waals surface area contributed by atoms with E-state index in [9.17, 15) is 14.4 Å². The number of nitrogens with zero attached hydrogens (tertiary/aromatic N) is 1. The van der Waals surface area contributed by atoms with Crippen molar-refractivity contribution in [2.75, 3.05) is 19.6 Å². The summed E-state index contributed by atoms with van der Waals surface area (Å²) in [5.41, 5.74) is -0.0144. The number of carbonyl (C=O) groups is 3. The van der Waals surface area contributed by atoms with E-state index < -0.39 is 11.7 Å². The van der Waals surface area contributed by atoms with Crippen LogP contribution in [0.25, 0.3) is 0 Å². The maximum atomic E-state index is 12.2. The molecule has 0 aliphatic carbocycles. The smallest absolute Gasteiger partial charge is 0.410 e. The van der Waals surface area contributed by atoms with Crippen LogP contribution in [0.4, 0.5) is 4.79 Å². The van der Waals surface area contributed by atoms with Gasteiger partial charge in [0.2, 0.25) is 5.91 Å². The third kappa shape index (κ3) is 5.85. The van der Waals surface area contributed by atoms with E-state index >= 15 is 0 Å². The Bertz CT molecular complexity index is 652. The molecular weight excluding hydrogens is 388 g/mol. The first-order valence-electron chi connectivity index (χ1n) is 8.20. The average molecular weight is 411 g/mol. The zero-order valence-corrected chi connectivity index (χ0v) is 16.3. The molecule has 1 aromatic rings. The van der Waals surface area contributed by atoms with Gasteiger partial charge in [-0.15, -0.1) is 0 Å². The zero-order chi connectivity index (χ0) is 18.6. The Morgan fingerprint density at radius 3 is 2.48 bits per heavy atom. The van der Waals surface area contributed by atoms with Gasteiger partial charge in [0, 0.05) is 23.1 Å². The monoisotopic (exact) mass is 410 g/mol. The highest BCUT2D eigenvalue weighted by atomic mass is 79.9. The molecule has 25 heavy (non-hydrogen) atoms. The fourth-order valence-corrected chi connectivity index (χ4v) is 2.78. The van der Waals surface area contributed by atoms with Gasteiger partial charge in [0.15, 0.2) is 5.78 Å². The molecule has 1 fully saturated rings. The lowest BCUT2D eigenvalue weighted by molar-refractivity contribution is -0.124. The van der Waals surface area contributed by atoms with Crippen LogP contribution in [0.5, 0.6) is 0 Å². The highest BCUT2D eigenvalue weighted by Gasteiger charge is 2.33. The molecule has 136 valence electrons. The second kappa shape index (κ2) is 7.99. The lowest BCUT2D eigenvalue weighted by Gasteiger charge is -2.24. The van der Waals surface area contributed by atoms with Crippen LogP contribution in [0.1, 0.15) is 37.6 Å². The first kappa shape index (κ1) is 19.4. The predicted octanol–water partition coefficient (Wildman–Crippen LogP) is 3.01. The van der Waals surface area contributed by atoms with Gasteiger partial charge in [-0.3, -0.25) is 9.59 Å². The van der Waals surface area contributed by atoms with E-state index in [0.29, 0.717) is 25.1 Å². The number of rotatable bonds is 4. The zero-order valence-electron chi connectivity index (χ0n) is 14.7. The number of nitrogens with one attached hydrogen (secondary N) is 1. The van der Waals surface area contributed by atoms with Gasteiger partial charge >= 0.3 is 6.09 Å². The first-order chi connectivity index (χ1) is 11.7. The lowest BCUT2D eigenvalue weighted by atomic mass is 10.1. The predicted molar refractivity (Wildman–Crippen MR) is 97.4 cm³/mol. The molecule has 1 N–H and O–H groups in total. The summed E-state index contributed by atoms with van der Waals surface area (Å²) in [6.07, 6.45) is 0.158. The largest absolute Gasteiger partial charge is 0.444 e. The molecular formula is C18H23BrN2O4. The topological polar surface area (TPSA) is 75.7 Å². The Kier molecular flexibility index (Phi) is 6.21. The molecule has 0 bridgehead atoms. The van der Waals surface area contributed by atoms with Crippen LogP contribution in [0.2, 0.25) is 0 Å². The number of hydrogen-bond acceptors (Lipinski definition) is 4. The standard InChI is InChI=1S/C18H23BrN2O4/c1-18(2,3)25-17(24)21-9-8-13(11-21)16(23)20-10-15(22)12-4-6-14(19)7-5-12/h4-7,13H,8-11H2,1-3H3,(H,20,23)/t13-/m0/s1. The Morgan fingerprint density at radius 2 is 1.88 bits per heavy atom. The second-order valence-corrected chi connectivity index (χ2v) is 7.98. The maximum Gasteiger partial charge on any atom is 0.410 e. The van der Waals surface area contributed by atoms with E-state index in [0.717, 1.165) is 4.47 Å². The van der Waals surface area contributed by atoms with Gasteiger partial charge in [0.1, 0.15) is 5.60 Å². The van der Waals surface area contributed by atoms with Crippen molar-refractivity contribution in [2.45, 2.75) is 32.8 Å². The number of benzene rings is 1.